The van der Waals surface area contributed by atoms with Crippen LogP contribution in [0.1, 0.15) is 25.7 Å². The predicted molar refractivity (Wildman–Crippen MR) is 70.7 cm³/mol. The molecule has 1 saturated carbocycles. The van der Waals surface area contributed by atoms with Gasteiger partial charge in [0.1, 0.15) is 0 Å². The Hall–Kier alpha value is -0.160. The van der Waals surface area contributed by atoms with Crippen molar-refractivity contribution in [1.29, 1.82) is 0 Å². The number of morpholine rings is 1. The summed E-state index contributed by atoms with van der Waals surface area (Å²) >= 11 is 0. The third-order valence-corrected chi connectivity index (χ3v) is 4.40. The summed E-state index contributed by atoms with van der Waals surface area (Å²) in [4.78, 5) is 2.65. The van der Waals surface area contributed by atoms with E-state index in [1.54, 1.807) is 0 Å². The lowest BCUT2D eigenvalue weighted by Gasteiger charge is -2.38. The van der Waals surface area contributed by atoms with Crippen molar-refractivity contribution < 1.29 is 9.47 Å². The van der Waals surface area contributed by atoms with E-state index in [1.807, 2.05) is 0 Å². The molecule has 2 saturated heterocycles. The van der Waals surface area contributed by atoms with Crippen molar-refractivity contribution in [3.05, 3.63) is 0 Å². The minimum Gasteiger partial charge on any atom is -0.381 e. The van der Waals surface area contributed by atoms with E-state index in [-0.39, 0.29) is 0 Å². The quantitative estimate of drug-likeness (QED) is 0.789. The van der Waals surface area contributed by atoms with Gasteiger partial charge >= 0.3 is 0 Å². The van der Waals surface area contributed by atoms with Gasteiger partial charge in [-0.05, 0) is 31.6 Å². The van der Waals surface area contributed by atoms with E-state index in [1.165, 1.54) is 32.2 Å². The summed E-state index contributed by atoms with van der Waals surface area (Å²) in [7, 11) is 0. The summed E-state index contributed by atoms with van der Waals surface area (Å²) in [5.41, 5.74) is 0. The van der Waals surface area contributed by atoms with Gasteiger partial charge in [-0.3, -0.25) is 4.90 Å². The molecule has 1 atom stereocenters. The fraction of sp³-hybridized carbons (Fsp3) is 1.00. The molecule has 3 fully saturated rings. The highest BCUT2D eigenvalue weighted by molar-refractivity contribution is 4.86. The molecular weight excluding hydrogens is 228 g/mol. The zero-order valence-corrected chi connectivity index (χ0v) is 11.3. The first kappa shape index (κ1) is 12.9. The van der Waals surface area contributed by atoms with Crippen molar-refractivity contribution in [2.75, 3.05) is 46.1 Å². The van der Waals surface area contributed by atoms with Crippen molar-refractivity contribution in [2.45, 2.75) is 37.8 Å². The van der Waals surface area contributed by atoms with Crippen molar-refractivity contribution in [3.8, 4) is 0 Å². The molecule has 0 aromatic heterocycles. The molecule has 0 aromatic carbocycles. The minimum absolute atomic E-state index is 0.585. The van der Waals surface area contributed by atoms with Crippen molar-refractivity contribution in [3.63, 3.8) is 0 Å². The molecule has 18 heavy (non-hydrogen) atoms. The summed E-state index contributed by atoms with van der Waals surface area (Å²) in [5.74, 6) is 0.834. The third-order valence-electron chi connectivity index (χ3n) is 4.40. The lowest BCUT2D eigenvalue weighted by molar-refractivity contribution is -0.0251. The molecule has 104 valence electrons. The molecule has 4 nitrogen and oxygen atoms in total. The normalized spacial score (nSPS) is 31.7. The van der Waals surface area contributed by atoms with Crippen LogP contribution in [0.2, 0.25) is 0 Å². The van der Waals surface area contributed by atoms with Gasteiger partial charge in [0.25, 0.3) is 0 Å². The topological polar surface area (TPSA) is 33.7 Å². The van der Waals surface area contributed by atoms with Crippen LogP contribution >= 0.6 is 0 Å². The molecule has 3 aliphatic rings. The molecule has 0 bridgehead atoms. The monoisotopic (exact) mass is 254 g/mol. The number of rotatable bonds is 5. The van der Waals surface area contributed by atoms with Crippen LogP contribution in [0.25, 0.3) is 0 Å². The van der Waals surface area contributed by atoms with E-state index in [0.717, 1.165) is 51.5 Å². The largest absolute Gasteiger partial charge is 0.381 e. The van der Waals surface area contributed by atoms with E-state index < -0.39 is 0 Å². The second kappa shape index (κ2) is 6.33. The number of ether oxygens (including phenoxy) is 2. The Morgan fingerprint density at radius 3 is 2.61 bits per heavy atom. The minimum atomic E-state index is 0.585. The average molecular weight is 254 g/mol. The Kier molecular flexibility index (Phi) is 4.52. The smallest absolute Gasteiger partial charge is 0.0634 e. The maximum absolute atomic E-state index is 5.65. The van der Waals surface area contributed by atoms with E-state index in [0.29, 0.717) is 6.04 Å². The van der Waals surface area contributed by atoms with Crippen LogP contribution in [-0.2, 0) is 9.47 Å². The number of nitrogens with zero attached hydrogens (tertiary/aromatic N) is 1. The molecule has 3 rings (SSSR count). The molecule has 0 radical (unpaired) electrons. The SMILES string of the molecule is C1CC(CN2CCOCC2CNC2CC2)CCO1. The van der Waals surface area contributed by atoms with Crippen molar-refractivity contribution >= 4 is 0 Å². The summed E-state index contributed by atoms with van der Waals surface area (Å²) in [6.07, 6.45) is 5.21. The number of hydrogen-bond donors (Lipinski definition) is 1. The molecule has 1 aliphatic carbocycles. The molecule has 2 aliphatic heterocycles. The van der Waals surface area contributed by atoms with Gasteiger partial charge < -0.3 is 14.8 Å². The van der Waals surface area contributed by atoms with E-state index >= 15 is 0 Å². The van der Waals surface area contributed by atoms with Crippen LogP contribution in [0.3, 0.4) is 0 Å². The highest BCUT2D eigenvalue weighted by atomic mass is 16.5. The molecule has 4 heteroatoms. The van der Waals surface area contributed by atoms with Crippen LogP contribution in [0.4, 0.5) is 0 Å². The van der Waals surface area contributed by atoms with Gasteiger partial charge in [0.15, 0.2) is 0 Å². The Morgan fingerprint density at radius 1 is 1.00 bits per heavy atom. The van der Waals surface area contributed by atoms with Gasteiger partial charge in [0.05, 0.1) is 13.2 Å². The first-order valence-electron chi connectivity index (χ1n) is 7.55. The van der Waals surface area contributed by atoms with Crippen LogP contribution in [-0.4, -0.2) is 63.0 Å². The maximum atomic E-state index is 5.65. The fourth-order valence-corrected chi connectivity index (χ4v) is 2.97. The predicted octanol–water partition coefficient (Wildman–Crippen LogP) is 0.866. The van der Waals surface area contributed by atoms with Gasteiger partial charge in [-0.15, -0.1) is 0 Å². The first-order chi connectivity index (χ1) is 8.92. The molecule has 0 aromatic rings. The van der Waals surface area contributed by atoms with E-state index in [2.05, 4.69) is 10.2 Å². The Balaban J connectivity index is 1.46. The second-order valence-corrected chi connectivity index (χ2v) is 5.96. The van der Waals surface area contributed by atoms with Gasteiger partial charge in [0.2, 0.25) is 0 Å². The molecule has 2 heterocycles. The zero-order chi connectivity index (χ0) is 12.2. The van der Waals surface area contributed by atoms with Gasteiger partial charge in [0, 0.05) is 44.9 Å². The second-order valence-electron chi connectivity index (χ2n) is 5.96. The highest BCUT2D eigenvalue weighted by Gasteiger charge is 2.28. The maximum Gasteiger partial charge on any atom is 0.0634 e. The standard InChI is InChI=1S/C14H26N2O2/c1-2-13(1)15-9-14-11-18-8-5-16(14)10-12-3-6-17-7-4-12/h12-15H,1-11H2. The van der Waals surface area contributed by atoms with Crippen molar-refractivity contribution in [2.24, 2.45) is 5.92 Å². The Labute approximate surface area is 110 Å². The van der Waals surface area contributed by atoms with Gasteiger partial charge in [-0.25, -0.2) is 0 Å². The van der Waals surface area contributed by atoms with E-state index in [9.17, 15) is 0 Å². The summed E-state index contributed by atoms with van der Waals surface area (Å²) < 4.78 is 11.1. The van der Waals surface area contributed by atoms with Crippen LogP contribution in [0, 0.1) is 5.92 Å². The molecule has 0 spiro atoms. The first-order valence-corrected chi connectivity index (χ1v) is 7.55. The molecule has 1 N–H and O–H groups in total. The third kappa shape index (κ3) is 3.67. The van der Waals surface area contributed by atoms with Gasteiger partial charge in [-0.2, -0.15) is 0 Å². The average Bonchev–Trinajstić information content (AvgIpc) is 3.23. The Bertz CT molecular complexity index is 252. The summed E-state index contributed by atoms with van der Waals surface area (Å²) in [5, 5.41) is 3.65. The Morgan fingerprint density at radius 2 is 1.83 bits per heavy atom. The molecule has 1 unspecified atom stereocenters. The van der Waals surface area contributed by atoms with Crippen LogP contribution in [0.15, 0.2) is 0 Å². The lowest BCUT2D eigenvalue weighted by atomic mass is 9.98. The molecular formula is C14H26N2O2. The fourth-order valence-electron chi connectivity index (χ4n) is 2.97. The van der Waals surface area contributed by atoms with Gasteiger partial charge in [-0.1, -0.05) is 0 Å². The summed E-state index contributed by atoms with van der Waals surface area (Å²) in [6.45, 7) is 7.18. The van der Waals surface area contributed by atoms with E-state index in [4.69, 9.17) is 9.47 Å². The zero-order valence-electron chi connectivity index (χ0n) is 11.3. The number of nitrogens with one attached hydrogen (secondary N) is 1. The molecule has 0 amide bonds. The van der Waals surface area contributed by atoms with Crippen LogP contribution in [0.5, 0.6) is 0 Å². The van der Waals surface area contributed by atoms with Crippen molar-refractivity contribution in [1.82, 2.24) is 10.2 Å². The lowest BCUT2D eigenvalue weighted by Crippen LogP contribution is -2.52. The van der Waals surface area contributed by atoms with Crippen LogP contribution < -0.4 is 5.32 Å². The summed E-state index contributed by atoms with van der Waals surface area (Å²) in [6, 6.07) is 1.39. The highest BCUT2D eigenvalue weighted by Crippen LogP contribution is 2.21. The number of hydrogen-bond acceptors (Lipinski definition) is 4.